The molecule has 0 bridgehead atoms. The Morgan fingerprint density at radius 2 is 2.16 bits per heavy atom. The quantitative estimate of drug-likeness (QED) is 0.270. The zero-order valence-electron chi connectivity index (χ0n) is 18.3. The van der Waals surface area contributed by atoms with E-state index in [1.807, 2.05) is 43.4 Å². The molecule has 168 valence electrons. The van der Waals surface area contributed by atoms with Crippen LogP contribution in [0.1, 0.15) is 19.0 Å². The van der Waals surface area contributed by atoms with Crippen molar-refractivity contribution in [3.8, 4) is 11.4 Å². The van der Waals surface area contributed by atoms with Gasteiger partial charge in [0, 0.05) is 48.3 Å². The number of H-pyrrole nitrogens is 2. The number of carbonyl (C=O) groups is 1. The smallest absolute Gasteiger partial charge is 0.250 e. The van der Waals surface area contributed by atoms with E-state index in [1.165, 1.54) is 6.33 Å². The molecule has 3 aromatic rings. The number of carbonyl (C=O) groups excluding carboxylic acids is 1. The molecule has 0 unspecified atom stereocenters. The summed E-state index contributed by atoms with van der Waals surface area (Å²) in [5, 5.41) is 18.3. The van der Waals surface area contributed by atoms with Crippen LogP contribution in [0.3, 0.4) is 0 Å². The SMILES string of the molecule is C/C=C\C(=C/Cc1[nH]nc2ccc(-c3ncn[nH]3)cc12)C(=O)NCCCN1CCOCC1. The minimum atomic E-state index is -0.0590. The summed E-state index contributed by atoms with van der Waals surface area (Å²) in [7, 11) is 0. The number of amides is 1. The van der Waals surface area contributed by atoms with Gasteiger partial charge in [-0.3, -0.25) is 19.9 Å². The Labute approximate surface area is 186 Å². The van der Waals surface area contributed by atoms with Crippen LogP contribution in [0.25, 0.3) is 22.3 Å². The number of morpholine rings is 1. The number of hydrogen-bond acceptors (Lipinski definition) is 6. The second-order valence-electron chi connectivity index (χ2n) is 7.70. The zero-order chi connectivity index (χ0) is 22.2. The zero-order valence-corrected chi connectivity index (χ0v) is 18.3. The molecule has 1 amide bonds. The predicted octanol–water partition coefficient (Wildman–Crippen LogP) is 2.23. The molecule has 0 aliphatic carbocycles. The van der Waals surface area contributed by atoms with Crippen molar-refractivity contribution in [1.29, 1.82) is 0 Å². The third kappa shape index (κ3) is 5.49. The number of fused-ring (bicyclic) bond motifs is 1. The fourth-order valence-corrected chi connectivity index (χ4v) is 3.77. The maximum Gasteiger partial charge on any atom is 0.250 e. The second kappa shape index (κ2) is 10.8. The average Bonchev–Trinajstić information content (AvgIpc) is 3.50. The normalized spacial score (nSPS) is 15.6. The van der Waals surface area contributed by atoms with Crippen molar-refractivity contribution in [2.24, 2.45) is 0 Å². The fraction of sp³-hybridized carbons (Fsp3) is 0.391. The van der Waals surface area contributed by atoms with Gasteiger partial charge in [0.15, 0.2) is 5.82 Å². The molecular weight excluding hydrogens is 406 g/mol. The first kappa shape index (κ1) is 21.9. The van der Waals surface area contributed by atoms with Crippen LogP contribution in [-0.2, 0) is 16.0 Å². The van der Waals surface area contributed by atoms with E-state index in [4.69, 9.17) is 4.74 Å². The van der Waals surface area contributed by atoms with E-state index in [2.05, 4.69) is 35.6 Å². The highest BCUT2D eigenvalue weighted by Crippen LogP contribution is 2.23. The van der Waals surface area contributed by atoms with Crippen LogP contribution in [0, 0.1) is 0 Å². The third-order valence-electron chi connectivity index (χ3n) is 5.50. The maximum atomic E-state index is 12.7. The number of ether oxygens (including phenoxy) is 1. The van der Waals surface area contributed by atoms with Crippen molar-refractivity contribution in [3.63, 3.8) is 0 Å². The Morgan fingerprint density at radius 1 is 1.28 bits per heavy atom. The van der Waals surface area contributed by atoms with Crippen LogP contribution in [0.4, 0.5) is 0 Å². The molecule has 1 aliphatic rings. The van der Waals surface area contributed by atoms with Crippen LogP contribution < -0.4 is 5.32 Å². The van der Waals surface area contributed by atoms with Crippen LogP contribution in [0.5, 0.6) is 0 Å². The largest absolute Gasteiger partial charge is 0.379 e. The summed E-state index contributed by atoms with van der Waals surface area (Å²) in [6, 6.07) is 5.94. The minimum Gasteiger partial charge on any atom is -0.379 e. The van der Waals surface area contributed by atoms with Gasteiger partial charge in [0.1, 0.15) is 6.33 Å². The Kier molecular flexibility index (Phi) is 7.42. The molecule has 0 spiro atoms. The minimum absolute atomic E-state index is 0.0590. The van der Waals surface area contributed by atoms with Crippen molar-refractivity contribution < 1.29 is 9.53 Å². The molecule has 0 radical (unpaired) electrons. The Bertz CT molecular complexity index is 1080. The van der Waals surface area contributed by atoms with Gasteiger partial charge in [0.2, 0.25) is 0 Å². The monoisotopic (exact) mass is 435 g/mol. The molecule has 1 aromatic carbocycles. The van der Waals surface area contributed by atoms with Crippen molar-refractivity contribution in [3.05, 3.63) is 54.0 Å². The lowest BCUT2D eigenvalue weighted by atomic mass is 10.1. The second-order valence-corrected chi connectivity index (χ2v) is 7.70. The van der Waals surface area contributed by atoms with Crippen molar-refractivity contribution in [1.82, 2.24) is 35.6 Å². The highest BCUT2D eigenvalue weighted by Gasteiger charge is 2.12. The summed E-state index contributed by atoms with van der Waals surface area (Å²) < 4.78 is 5.37. The van der Waals surface area contributed by atoms with Gasteiger partial charge in [-0.05, 0) is 38.1 Å². The Morgan fingerprint density at radius 3 is 2.94 bits per heavy atom. The first-order valence-electron chi connectivity index (χ1n) is 11.0. The topological polar surface area (TPSA) is 112 Å². The predicted molar refractivity (Wildman–Crippen MR) is 123 cm³/mol. The molecule has 1 aliphatic heterocycles. The molecule has 0 atom stereocenters. The highest BCUT2D eigenvalue weighted by molar-refractivity contribution is 5.96. The van der Waals surface area contributed by atoms with Crippen LogP contribution in [0.2, 0.25) is 0 Å². The van der Waals surface area contributed by atoms with E-state index in [9.17, 15) is 4.79 Å². The number of nitrogens with one attached hydrogen (secondary N) is 3. The summed E-state index contributed by atoms with van der Waals surface area (Å²) in [5.74, 6) is 0.650. The molecule has 1 fully saturated rings. The molecule has 4 rings (SSSR count). The number of allylic oxidation sites excluding steroid dienone is 2. The van der Waals surface area contributed by atoms with Gasteiger partial charge in [-0.25, -0.2) is 4.98 Å². The van der Waals surface area contributed by atoms with Gasteiger partial charge in [0.25, 0.3) is 5.91 Å². The van der Waals surface area contributed by atoms with Crippen molar-refractivity contribution in [2.75, 3.05) is 39.4 Å². The summed E-state index contributed by atoms with van der Waals surface area (Å²) >= 11 is 0. The van der Waals surface area contributed by atoms with E-state index < -0.39 is 0 Å². The van der Waals surface area contributed by atoms with E-state index in [-0.39, 0.29) is 5.91 Å². The molecule has 9 nitrogen and oxygen atoms in total. The van der Waals surface area contributed by atoms with Crippen LogP contribution in [0.15, 0.2) is 48.3 Å². The highest BCUT2D eigenvalue weighted by atomic mass is 16.5. The van der Waals surface area contributed by atoms with Crippen LogP contribution >= 0.6 is 0 Å². The molecule has 3 heterocycles. The average molecular weight is 436 g/mol. The van der Waals surface area contributed by atoms with Gasteiger partial charge in [-0.15, -0.1) is 0 Å². The maximum absolute atomic E-state index is 12.7. The van der Waals surface area contributed by atoms with Gasteiger partial charge >= 0.3 is 0 Å². The third-order valence-corrected chi connectivity index (χ3v) is 5.50. The number of hydrogen-bond donors (Lipinski definition) is 3. The molecule has 0 saturated carbocycles. The number of rotatable bonds is 9. The Balaban J connectivity index is 1.38. The summed E-state index contributed by atoms with van der Waals surface area (Å²) in [6.45, 7) is 7.06. The van der Waals surface area contributed by atoms with Gasteiger partial charge in [0.05, 0.1) is 18.7 Å². The Hall–Kier alpha value is -3.30. The molecule has 2 aromatic heterocycles. The molecular formula is C23H29N7O2. The van der Waals surface area contributed by atoms with E-state index in [0.717, 1.165) is 61.4 Å². The lowest BCUT2D eigenvalue weighted by Crippen LogP contribution is -2.38. The lowest BCUT2D eigenvalue weighted by molar-refractivity contribution is -0.117. The van der Waals surface area contributed by atoms with E-state index in [1.54, 1.807) is 0 Å². The molecule has 1 saturated heterocycles. The van der Waals surface area contributed by atoms with Gasteiger partial charge < -0.3 is 10.1 Å². The number of benzene rings is 1. The fourth-order valence-electron chi connectivity index (χ4n) is 3.77. The standard InChI is InChI=1S/C23H29N7O2/c1-2-4-17(23(31)24-9-3-10-30-11-13-32-14-12-30)5-7-20-19-15-18(22-25-16-26-29-22)6-8-21(19)28-27-20/h2,4-6,8,15-16H,3,7,9-14H2,1H3,(H,24,31)(H,27,28)(H,25,26,29)/b4-2-,17-5+. The number of aromatic amines is 2. The van der Waals surface area contributed by atoms with Crippen molar-refractivity contribution in [2.45, 2.75) is 19.8 Å². The summed E-state index contributed by atoms with van der Waals surface area (Å²) in [6.07, 6.45) is 8.64. The lowest BCUT2D eigenvalue weighted by Gasteiger charge is -2.26. The summed E-state index contributed by atoms with van der Waals surface area (Å²) in [4.78, 5) is 19.3. The van der Waals surface area contributed by atoms with Crippen LogP contribution in [-0.4, -0.2) is 75.6 Å². The molecule has 32 heavy (non-hydrogen) atoms. The number of nitrogens with zero attached hydrogens (tertiary/aromatic N) is 4. The number of aromatic nitrogens is 5. The first-order valence-corrected chi connectivity index (χ1v) is 11.0. The first-order chi connectivity index (χ1) is 15.7. The van der Waals surface area contributed by atoms with Gasteiger partial charge in [-0.1, -0.05) is 18.2 Å². The van der Waals surface area contributed by atoms with Gasteiger partial charge in [-0.2, -0.15) is 10.2 Å². The summed E-state index contributed by atoms with van der Waals surface area (Å²) in [5.41, 5.74) is 3.40. The van der Waals surface area contributed by atoms with Crippen molar-refractivity contribution >= 4 is 16.8 Å². The van der Waals surface area contributed by atoms with E-state index >= 15 is 0 Å². The van der Waals surface area contributed by atoms with E-state index in [0.29, 0.717) is 24.4 Å². The molecule has 9 heteroatoms. The molecule has 3 N–H and O–H groups in total.